The summed E-state index contributed by atoms with van der Waals surface area (Å²) in [5, 5.41) is 2.50. The number of halogens is 1. The lowest BCUT2D eigenvalue weighted by Gasteiger charge is -2.29. The van der Waals surface area contributed by atoms with Crippen LogP contribution in [-0.2, 0) is 4.79 Å². The van der Waals surface area contributed by atoms with Crippen molar-refractivity contribution >= 4 is 17.5 Å². The standard InChI is InChI=1S/C15H21ClN2O2/c1-10-3-8-14(17-9-10)20-13-6-4-12(5-7-13)18-15(19)11(2)16/h3,8-9,11-13H,4-7H2,1-2H3,(H,18,19). The van der Waals surface area contributed by atoms with Gasteiger partial charge in [0.1, 0.15) is 11.5 Å². The van der Waals surface area contributed by atoms with Crippen LogP contribution in [-0.4, -0.2) is 28.4 Å². The number of nitrogens with one attached hydrogen (secondary N) is 1. The van der Waals surface area contributed by atoms with Crippen LogP contribution < -0.4 is 10.1 Å². The summed E-state index contributed by atoms with van der Waals surface area (Å²) in [6.07, 6.45) is 5.70. The van der Waals surface area contributed by atoms with E-state index in [9.17, 15) is 4.79 Å². The minimum absolute atomic E-state index is 0.0868. The zero-order valence-corrected chi connectivity index (χ0v) is 12.7. The number of carbonyl (C=O) groups excluding carboxylic acids is 1. The Hall–Kier alpha value is -1.29. The summed E-state index contributed by atoms with van der Waals surface area (Å²) < 4.78 is 5.86. The summed E-state index contributed by atoms with van der Waals surface area (Å²) in [6.45, 7) is 3.69. The minimum atomic E-state index is -0.472. The first-order valence-corrected chi connectivity index (χ1v) is 7.52. The fraction of sp³-hybridized carbons (Fsp3) is 0.600. The van der Waals surface area contributed by atoms with E-state index in [1.807, 2.05) is 25.3 Å². The van der Waals surface area contributed by atoms with Crippen LogP contribution in [0.1, 0.15) is 38.2 Å². The van der Waals surface area contributed by atoms with Gasteiger partial charge in [-0.1, -0.05) is 6.07 Å². The number of hydrogen-bond acceptors (Lipinski definition) is 3. The van der Waals surface area contributed by atoms with Crippen molar-refractivity contribution in [1.82, 2.24) is 10.3 Å². The highest BCUT2D eigenvalue weighted by Gasteiger charge is 2.24. The van der Waals surface area contributed by atoms with Crippen LogP contribution in [0.2, 0.25) is 0 Å². The molecule has 0 radical (unpaired) electrons. The number of aromatic nitrogens is 1. The molecule has 1 aliphatic rings. The monoisotopic (exact) mass is 296 g/mol. The van der Waals surface area contributed by atoms with Crippen molar-refractivity contribution < 1.29 is 9.53 Å². The lowest BCUT2D eigenvalue weighted by Crippen LogP contribution is -2.42. The lowest BCUT2D eigenvalue weighted by atomic mass is 9.93. The molecule has 1 N–H and O–H groups in total. The molecule has 1 aromatic rings. The SMILES string of the molecule is Cc1ccc(OC2CCC(NC(=O)C(C)Cl)CC2)nc1. The number of aryl methyl sites for hydroxylation is 1. The maximum Gasteiger partial charge on any atom is 0.237 e. The highest BCUT2D eigenvalue weighted by atomic mass is 35.5. The molecule has 2 rings (SSSR count). The van der Waals surface area contributed by atoms with Crippen molar-refractivity contribution in [3.63, 3.8) is 0 Å². The van der Waals surface area contributed by atoms with Crippen LogP contribution in [0.15, 0.2) is 18.3 Å². The number of amides is 1. The van der Waals surface area contributed by atoms with Gasteiger partial charge in [0.05, 0.1) is 0 Å². The molecule has 0 saturated heterocycles. The Bertz CT molecular complexity index is 440. The third kappa shape index (κ3) is 4.37. The molecular formula is C15H21ClN2O2. The molecule has 0 spiro atoms. The molecule has 0 aliphatic heterocycles. The average molecular weight is 297 g/mol. The first kappa shape index (κ1) is 15.1. The Morgan fingerprint density at radius 3 is 2.65 bits per heavy atom. The predicted molar refractivity (Wildman–Crippen MR) is 79.1 cm³/mol. The van der Waals surface area contributed by atoms with E-state index in [0.29, 0.717) is 5.88 Å². The third-order valence-electron chi connectivity index (χ3n) is 3.55. The highest BCUT2D eigenvalue weighted by molar-refractivity contribution is 6.30. The largest absolute Gasteiger partial charge is 0.474 e. The second kappa shape index (κ2) is 6.93. The smallest absolute Gasteiger partial charge is 0.237 e. The molecule has 110 valence electrons. The van der Waals surface area contributed by atoms with Gasteiger partial charge >= 0.3 is 0 Å². The first-order valence-electron chi connectivity index (χ1n) is 7.08. The maximum absolute atomic E-state index is 11.5. The van der Waals surface area contributed by atoms with E-state index < -0.39 is 5.38 Å². The Kier molecular flexibility index (Phi) is 5.24. The number of nitrogens with zero attached hydrogens (tertiary/aromatic N) is 1. The Morgan fingerprint density at radius 1 is 1.40 bits per heavy atom. The first-order chi connectivity index (χ1) is 9.54. The molecule has 4 nitrogen and oxygen atoms in total. The van der Waals surface area contributed by atoms with Gasteiger partial charge in [0, 0.05) is 18.3 Å². The maximum atomic E-state index is 11.5. The molecule has 1 amide bonds. The van der Waals surface area contributed by atoms with Gasteiger partial charge in [-0.2, -0.15) is 0 Å². The van der Waals surface area contributed by atoms with Gasteiger partial charge in [-0.3, -0.25) is 4.79 Å². The molecular weight excluding hydrogens is 276 g/mol. The topological polar surface area (TPSA) is 51.2 Å². The quantitative estimate of drug-likeness (QED) is 0.869. The number of carbonyl (C=O) groups is 1. The highest BCUT2D eigenvalue weighted by Crippen LogP contribution is 2.23. The zero-order chi connectivity index (χ0) is 14.5. The second-order valence-electron chi connectivity index (χ2n) is 5.39. The third-order valence-corrected chi connectivity index (χ3v) is 3.75. The van der Waals surface area contributed by atoms with Crippen molar-refractivity contribution in [2.75, 3.05) is 0 Å². The van der Waals surface area contributed by atoms with Crippen molar-refractivity contribution in [2.24, 2.45) is 0 Å². The fourth-order valence-corrected chi connectivity index (χ4v) is 2.40. The van der Waals surface area contributed by atoms with E-state index >= 15 is 0 Å². The predicted octanol–water partition coefficient (Wildman–Crippen LogP) is 2.82. The van der Waals surface area contributed by atoms with Gasteiger partial charge in [0.2, 0.25) is 11.8 Å². The van der Waals surface area contributed by atoms with Gasteiger partial charge in [0.25, 0.3) is 0 Å². The fourth-order valence-electron chi connectivity index (χ4n) is 2.34. The number of pyridine rings is 1. The summed E-state index contributed by atoms with van der Waals surface area (Å²) in [4.78, 5) is 15.8. The minimum Gasteiger partial charge on any atom is -0.474 e. The van der Waals surface area contributed by atoms with E-state index in [2.05, 4.69) is 10.3 Å². The van der Waals surface area contributed by atoms with Gasteiger partial charge in [-0.15, -0.1) is 11.6 Å². The molecule has 1 atom stereocenters. The van der Waals surface area contributed by atoms with Gasteiger partial charge in [-0.05, 0) is 45.1 Å². The molecule has 1 aliphatic carbocycles. The van der Waals surface area contributed by atoms with Crippen LogP contribution in [0.4, 0.5) is 0 Å². The Labute approximate surface area is 124 Å². The Morgan fingerprint density at radius 2 is 2.10 bits per heavy atom. The molecule has 1 unspecified atom stereocenters. The van der Waals surface area contributed by atoms with E-state index in [-0.39, 0.29) is 18.1 Å². The van der Waals surface area contributed by atoms with Gasteiger partial charge in [-0.25, -0.2) is 4.98 Å². The van der Waals surface area contributed by atoms with Crippen LogP contribution in [0.3, 0.4) is 0 Å². The van der Waals surface area contributed by atoms with E-state index in [0.717, 1.165) is 31.2 Å². The molecule has 1 aromatic heterocycles. The van der Waals surface area contributed by atoms with Crippen molar-refractivity contribution in [2.45, 2.75) is 57.1 Å². The summed E-state index contributed by atoms with van der Waals surface area (Å²) in [5.41, 5.74) is 1.12. The average Bonchev–Trinajstić information content (AvgIpc) is 2.43. The summed E-state index contributed by atoms with van der Waals surface area (Å²) in [7, 11) is 0. The van der Waals surface area contributed by atoms with Crippen LogP contribution >= 0.6 is 11.6 Å². The molecule has 0 aromatic carbocycles. The number of rotatable bonds is 4. The van der Waals surface area contributed by atoms with Crippen molar-refractivity contribution in [3.05, 3.63) is 23.9 Å². The van der Waals surface area contributed by atoms with Crippen molar-refractivity contribution in [1.29, 1.82) is 0 Å². The molecule has 1 saturated carbocycles. The van der Waals surface area contributed by atoms with Crippen molar-refractivity contribution in [3.8, 4) is 5.88 Å². The summed E-state index contributed by atoms with van der Waals surface area (Å²) in [5.74, 6) is 0.591. The van der Waals surface area contributed by atoms with Crippen LogP contribution in [0.5, 0.6) is 5.88 Å². The van der Waals surface area contributed by atoms with E-state index in [1.54, 1.807) is 6.92 Å². The molecule has 1 fully saturated rings. The Balaban J connectivity index is 1.77. The number of hydrogen-bond donors (Lipinski definition) is 1. The molecule has 5 heteroatoms. The van der Waals surface area contributed by atoms with Gasteiger partial charge < -0.3 is 10.1 Å². The van der Waals surface area contributed by atoms with Gasteiger partial charge in [0.15, 0.2) is 0 Å². The summed E-state index contributed by atoms with van der Waals surface area (Å²) >= 11 is 5.75. The van der Waals surface area contributed by atoms with Crippen LogP contribution in [0.25, 0.3) is 0 Å². The second-order valence-corrected chi connectivity index (χ2v) is 6.04. The van der Waals surface area contributed by atoms with Crippen LogP contribution in [0, 0.1) is 6.92 Å². The molecule has 0 bridgehead atoms. The lowest BCUT2D eigenvalue weighted by molar-refractivity contribution is -0.121. The van der Waals surface area contributed by atoms with E-state index in [4.69, 9.17) is 16.3 Å². The normalized spacial score (nSPS) is 23.9. The number of alkyl halides is 1. The number of ether oxygens (including phenoxy) is 1. The summed E-state index contributed by atoms with van der Waals surface area (Å²) in [6, 6.07) is 4.11. The molecule has 1 heterocycles. The van der Waals surface area contributed by atoms with E-state index in [1.165, 1.54) is 0 Å². The molecule has 20 heavy (non-hydrogen) atoms. The zero-order valence-electron chi connectivity index (χ0n) is 11.9.